The smallest absolute Gasteiger partial charge is 0.308 e. The van der Waals surface area contributed by atoms with Crippen molar-refractivity contribution in [2.45, 2.75) is 92.6 Å². The number of hydrogen-bond donors (Lipinski definition) is 0. The van der Waals surface area contributed by atoms with Gasteiger partial charge in [-0.2, -0.15) is 0 Å². The molecule has 0 aromatic heterocycles. The van der Waals surface area contributed by atoms with Crippen molar-refractivity contribution in [1.29, 1.82) is 0 Å². The van der Waals surface area contributed by atoms with Crippen molar-refractivity contribution in [1.82, 2.24) is 0 Å². The molecule has 0 aliphatic heterocycles. The Morgan fingerprint density at radius 3 is 1.90 bits per heavy atom. The molecule has 31 heavy (non-hydrogen) atoms. The van der Waals surface area contributed by atoms with Gasteiger partial charge in [0.25, 0.3) is 0 Å². The molecule has 2 aromatic rings. The number of esters is 1. The summed E-state index contributed by atoms with van der Waals surface area (Å²) in [5.74, 6) is 1.88. The zero-order chi connectivity index (χ0) is 23.4. The molecule has 0 heterocycles. The number of hydrogen-bond acceptors (Lipinski definition) is 3. The highest BCUT2D eigenvalue weighted by Crippen LogP contribution is 2.42. The van der Waals surface area contributed by atoms with Gasteiger partial charge in [0.05, 0.1) is 0 Å². The third-order valence-corrected chi connectivity index (χ3v) is 6.10. The third-order valence-electron chi connectivity index (χ3n) is 6.10. The van der Waals surface area contributed by atoms with E-state index in [1.807, 2.05) is 12.1 Å². The molecule has 0 aliphatic carbocycles. The molecule has 3 nitrogen and oxygen atoms in total. The lowest BCUT2D eigenvalue weighted by atomic mass is 9.69. The first kappa shape index (κ1) is 25.0. The molecular weight excluding hydrogens is 384 g/mol. The third kappa shape index (κ3) is 6.59. The van der Waals surface area contributed by atoms with Crippen LogP contribution < -0.4 is 9.47 Å². The van der Waals surface area contributed by atoms with Crippen LogP contribution in [0.2, 0.25) is 0 Å². The normalized spacial score (nSPS) is 14.6. The molecule has 2 atom stereocenters. The molecule has 0 saturated carbocycles. The van der Waals surface area contributed by atoms with Crippen molar-refractivity contribution >= 4 is 5.97 Å². The summed E-state index contributed by atoms with van der Waals surface area (Å²) < 4.78 is 11.4. The molecule has 2 rings (SSSR count). The van der Waals surface area contributed by atoms with E-state index in [1.54, 1.807) is 0 Å². The molecule has 0 radical (unpaired) electrons. The van der Waals surface area contributed by atoms with Crippen LogP contribution in [-0.4, -0.2) is 11.6 Å². The van der Waals surface area contributed by atoms with Gasteiger partial charge in [0.1, 0.15) is 17.1 Å². The fourth-order valence-electron chi connectivity index (χ4n) is 4.31. The zero-order valence-corrected chi connectivity index (χ0v) is 20.9. The molecule has 0 spiro atoms. The van der Waals surface area contributed by atoms with Crippen LogP contribution in [0.25, 0.3) is 0 Å². The van der Waals surface area contributed by atoms with Gasteiger partial charge in [-0.1, -0.05) is 39.3 Å². The van der Waals surface area contributed by atoms with E-state index in [4.69, 9.17) is 9.47 Å². The number of carbonyl (C=O) groups is 1. The van der Waals surface area contributed by atoms with Crippen molar-refractivity contribution in [2.75, 3.05) is 0 Å². The van der Waals surface area contributed by atoms with Gasteiger partial charge in [-0.3, -0.25) is 4.79 Å². The van der Waals surface area contributed by atoms with E-state index >= 15 is 0 Å². The van der Waals surface area contributed by atoms with Crippen molar-refractivity contribution in [3.05, 3.63) is 58.7 Å². The Bertz CT molecular complexity index is 907. The molecule has 0 amide bonds. The van der Waals surface area contributed by atoms with Gasteiger partial charge < -0.3 is 9.47 Å². The Morgan fingerprint density at radius 1 is 0.935 bits per heavy atom. The van der Waals surface area contributed by atoms with Crippen molar-refractivity contribution in [2.24, 2.45) is 5.92 Å². The summed E-state index contributed by atoms with van der Waals surface area (Å²) in [6, 6.07) is 12.5. The zero-order valence-electron chi connectivity index (χ0n) is 20.9. The Kier molecular flexibility index (Phi) is 7.97. The summed E-state index contributed by atoms with van der Waals surface area (Å²) in [6.45, 7) is 18.8. The summed E-state index contributed by atoms with van der Waals surface area (Å²) in [5, 5.41) is 0. The lowest BCUT2D eigenvalue weighted by Gasteiger charge is -2.35. The van der Waals surface area contributed by atoms with Gasteiger partial charge in [0.15, 0.2) is 0 Å². The first-order valence-corrected chi connectivity index (χ1v) is 11.5. The second kappa shape index (κ2) is 9.89. The Morgan fingerprint density at radius 2 is 1.45 bits per heavy atom. The summed E-state index contributed by atoms with van der Waals surface area (Å²) in [4.78, 5) is 11.4. The van der Waals surface area contributed by atoms with Gasteiger partial charge in [0, 0.05) is 12.3 Å². The topological polar surface area (TPSA) is 35.5 Å². The summed E-state index contributed by atoms with van der Waals surface area (Å²) in [5.41, 5.74) is 4.60. The summed E-state index contributed by atoms with van der Waals surface area (Å²) >= 11 is 0. The number of benzene rings is 2. The summed E-state index contributed by atoms with van der Waals surface area (Å²) in [7, 11) is 0. The standard InChI is InChI=1S/C28H40O3/c1-10-19(2)15-16-28(9,25-13-11-23(17-20(25)3)30-22(5)29)26-14-12-24(18-21(26)4)31-27(6,7)8/h11-14,17-19H,10,15-16H2,1-9H3. The average Bonchev–Trinajstić information content (AvgIpc) is 2.64. The number of ether oxygens (including phenoxy) is 2. The second-order valence-electron chi connectivity index (χ2n) is 10.1. The van der Waals surface area contributed by atoms with Crippen molar-refractivity contribution in [3.63, 3.8) is 0 Å². The summed E-state index contributed by atoms with van der Waals surface area (Å²) in [6.07, 6.45) is 3.38. The fourth-order valence-corrected chi connectivity index (χ4v) is 4.31. The quantitative estimate of drug-likeness (QED) is 0.324. The highest BCUT2D eigenvalue weighted by molar-refractivity contribution is 5.69. The Labute approximate surface area is 189 Å². The van der Waals surface area contributed by atoms with E-state index in [-0.39, 0.29) is 17.0 Å². The second-order valence-corrected chi connectivity index (χ2v) is 10.1. The maximum atomic E-state index is 11.4. The van der Waals surface area contributed by atoms with Crippen LogP contribution in [0.3, 0.4) is 0 Å². The van der Waals surface area contributed by atoms with Gasteiger partial charge in [-0.25, -0.2) is 0 Å². The van der Waals surface area contributed by atoms with E-state index in [9.17, 15) is 4.79 Å². The van der Waals surface area contributed by atoms with Crippen LogP contribution >= 0.6 is 0 Å². The SMILES string of the molecule is CCC(C)CCC(C)(c1ccc(OC(C)=O)cc1C)c1ccc(OC(C)(C)C)cc1C. The average molecular weight is 425 g/mol. The highest BCUT2D eigenvalue weighted by Gasteiger charge is 2.32. The molecule has 0 N–H and O–H groups in total. The Hall–Kier alpha value is -2.29. The maximum absolute atomic E-state index is 11.4. The maximum Gasteiger partial charge on any atom is 0.308 e. The van der Waals surface area contributed by atoms with Crippen LogP contribution in [0.1, 0.15) is 90.0 Å². The van der Waals surface area contributed by atoms with Gasteiger partial charge in [-0.05, 0) is 99.9 Å². The minimum Gasteiger partial charge on any atom is -0.488 e. The van der Waals surface area contributed by atoms with Crippen LogP contribution in [0.5, 0.6) is 11.5 Å². The molecular formula is C28H40O3. The number of rotatable bonds is 8. The van der Waals surface area contributed by atoms with E-state index in [0.29, 0.717) is 11.7 Å². The number of carbonyl (C=O) groups excluding carboxylic acids is 1. The largest absolute Gasteiger partial charge is 0.488 e. The van der Waals surface area contributed by atoms with Crippen molar-refractivity contribution in [3.8, 4) is 11.5 Å². The van der Waals surface area contributed by atoms with Gasteiger partial charge in [-0.15, -0.1) is 0 Å². The predicted octanol–water partition coefficient (Wildman–Crippen LogP) is 7.54. The molecule has 0 bridgehead atoms. The molecule has 2 aromatic carbocycles. The minimum absolute atomic E-state index is 0.146. The Balaban J connectivity index is 2.53. The molecule has 3 heteroatoms. The fraction of sp³-hybridized carbons (Fsp3) is 0.536. The lowest BCUT2D eigenvalue weighted by Crippen LogP contribution is -2.27. The van der Waals surface area contributed by atoms with Crippen LogP contribution in [0.4, 0.5) is 0 Å². The monoisotopic (exact) mass is 424 g/mol. The van der Waals surface area contributed by atoms with Crippen LogP contribution in [-0.2, 0) is 10.2 Å². The molecule has 170 valence electrons. The first-order chi connectivity index (χ1) is 14.4. The lowest BCUT2D eigenvalue weighted by molar-refractivity contribution is -0.131. The van der Waals surface area contributed by atoms with Crippen LogP contribution in [0.15, 0.2) is 36.4 Å². The molecule has 2 unspecified atom stereocenters. The molecule has 0 saturated heterocycles. The van der Waals surface area contributed by atoms with E-state index in [2.05, 4.69) is 79.7 Å². The molecule has 0 aliphatic rings. The van der Waals surface area contributed by atoms with E-state index in [0.717, 1.165) is 24.2 Å². The van der Waals surface area contributed by atoms with E-state index < -0.39 is 0 Å². The predicted molar refractivity (Wildman–Crippen MR) is 129 cm³/mol. The molecule has 0 fully saturated rings. The van der Waals surface area contributed by atoms with Crippen LogP contribution in [0, 0.1) is 19.8 Å². The van der Waals surface area contributed by atoms with E-state index in [1.165, 1.54) is 30.0 Å². The number of aryl methyl sites for hydroxylation is 2. The van der Waals surface area contributed by atoms with Gasteiger partial charge in [0.2, 0.25) is 0 Å². The van der Waals surface area contributed by atoms with Crippen molar-refractivity contribution < 1.29 is 14.3 Å². The minimum atomic E-state index is -0.294. The highest BCUT2D eigenvalue weighted by atomic mass is 16.5. The first-order valence-electron chi connectivity index (χ1n) is 11.5. The van der Waals surface area contributed by atoms with Gasteiger partial charge >= 0.3 is 5.97 Å².